The number of methoxy groups -OCH3 is 1. The molecule has 0 radical (unpaired) electrons. The zero-order chi connectivity index (χ0) is 20.5. The van der Waals surface area contributed by atoms with Gasteiger partial charge in [-0.05, 0) is 29.8 Å². The molecule has 4 N–H and O–H groups in total. The van der Waals surface area contributed by atoms with Gasteiger partial charge in [-0.3, -0.25) is 9.59 Å². The number of aromatic amines is 3. The Labute approximate surface area is 160 Å². The molecular weight excluding hydrogens is 360 g/mol. The predicted octanol–water partition coefficient (Wildman–Crippen LogP) is 0.456. The highest BCUT2D eigenvalue weighted by molar-refractivity contribution is 5.54. The fourth-order valence-corrected chi connectivity index (χ4v) is 2.82. The molecule has 0 aliphatic heterocycles. The van der Waals surface area contributed by atoms with E-state index in [0.717, 1.165) is 5.69 Å². The van der Waals surface area contributed by atoms with Gasteiger partial charge in [0.15, 0.2) is 0 Å². The first-order valence-electron chi connectivity index (χ1n) is 8.65. The van der Waals surface area contributed by atoms with E-state index in [0.29, 0.717) is 17.0 Å². The van der Waals surface area contributed by atoms with Crippen LogP contribution >= 0.6 is 0 Å². The largest absolute Gasteiger partial charge is 0.508 e. The third-order valence-corrected chi connectivity index (χ3v) is 4.15. The fraction of sp³-hybridized carbons (Fsp3) is 0.250. The van der Waals surface area contributed by atoms with Crippen LogP contribution in [0.25, 0.3) is 12.2 Å². The summed E-state index contributed by atoms with van der Waals surface area (Å²) in [5, 5.41) is 9.90. The SMILES string of the molecule is COc1cc(O)cc(/C=c2\[nH]c(=O)/c(=C/c3nc[nH]c3C(C)(C)C)[nH]c2=O)c1. The number of hydrogen-bond donors (Lipinski definition) is 4. The Hall–Kier alpha value is -3.55. The van der Waals surface area contributed by atoms with E-state index in [-0.39, 0.29) is 21.9 Å². The van der Waals surface area contributed by atoms with Gasteiger partial charge in [0, 0.05) is 17.2 Å². The van der Waals surface area contributed by atoms with Gasteiger partial charge < -0.3 is 24.8 Å². The van der Waals surface area contributed by atoms with E-state index in [9.17, 15) is 14.7 Å². The van der Waals surface area contributed by atoms with Gasteiger partial charge in [0.25, 0.3) is 11.1 Å². The van der Waals surface area contributed by atoms with E-state index >= 15 is 0 Å². The Morgan fingerprint density at radius 1 is 1.04 bits per heavy atom. The minimum atomic E-state index is -0.471. The van der Waals surface area contributed by atoms with E-state index < -0.39 is 11.1 Å². The van der Waals surface area contributed by atoms with Gasteiger partial charge in [0.2, 0.25) is 0 Å². The summed E-state index contributed by atoms with van der Waals surface area (Å²) in [7, 11) is 1.47. The second-order valence-electron chi connectivity index (χ2n) is 7.40. The number of phenolic OH excluding ortho intramolecular Hbond substituents is 1. The summed E-state index contributed by atoms with van der Waals surface area (Å²) >= 11 is 0. The summed E-state index contributed by atoms with van der Waals surface area (Å²) in [6.45, 7) is 6.06. The van der Waals surface area contributed by atoms with Crippen LogP contribution in [0, 0.1) is 0 Å². The van der Waals surface area contributed by atoms with Gasteiger partial charge in [-0.15, -0.1) is 0 Å². The molecule has 0 saturated heterocycles. The number of phenols is 1. The average molecular weight is 382 g/mol. The van der Waals surface area contributed by atoms with E-state index in [4.69, 9.17) is 4.74 Å². The highest BCUT2D eigenvalue weighted by Crippen LogP contribution is 2.23. The zero-order valence-electron chi connectivity index (χ0n) is 16.1. The van der Waals surface area contributed by atoms with Gasteiger partial charge in [-0.25, -0.2) is 4.98 Å². The number of rotatable bonds is 3. The second kappa shape index (κ2) is 7.22. The Balaban J connectivity index is 2.13. The van der Waals surface area contributed by atoms with Crippen molar-refractivity contribution < 1.29 is 9.84 Å². The molecule has 146 valence electrons. The maximum atomic E-state index is 12.5. The molecule has 2 aromatic heterocycles. The second-order valence-corrected chi connectivity index (χ2v) is 7.40. The topological polar surface area (TPSA) is 124 Å². The van der Waals surface area contributed by atoms with Crippen molar-refractivity contribution in [2.24, 2.45) is 0 Å². The van der Waals surface area contributed by atoms with Crippen molar-refractivity contribution in [3.05, 3.63) is 72.9 Å². The molecule has 1 aromatic carbocycles. The lowest BCUT2D eigenvalue weighted by atomic mass is 9.90. The third-order valence-electron chi connectivity index (χ3n) is 4.15. The molecule has 2 heterocycles. The third kappa shape index (κ3) is 4.06. The smallest absolute Gasteiger partial charge is 0.272 e. The number of aromatic hydroxyl groups is 1. The van der Waals surface area contributed by atoms with E-state index in [2.05, 4.69) is 19.9 Å². The summed E-state index contributed by atoms with van der Waals surface area (Å²) in [6, 6.07) is 4.54. The molecular formula is C20H22N4O4. The fourth-order valence-electron chi connectivity index (χ4n) is 2.82. The van der Waals surface area contributed by atoms with Crippen molar-refractivity contribution >= 4 is 12.2 Å². The summed E-state index contributed by atoms with van der Waals surface area (Å²) in [4.78, 5) is 37.4. The van der Waals surface area contributed by atoms with Crippen molar-refractivity contribution in [2.75, 3.05) is 7.11 Å². The summed E-state index contributed by atoms with van der Waals surface area (Å²) < 4.78 is 5.09. The van der Waals surface area contributed by atoms with Crippen molar-refractivity contribution in [2.45, 2.75) is 26.2 Å². The van der Waals surface area contributed by atoms with Crippen LogP contribution in [0.1, 0.15) is 37.7 Å². The van der Waals surface area contributed by atoms with Crippen molar-refractivity contribution in [3.8, 4) is 11.5 Å². The van der Waals surface area contributed by atoms with Crippen molar-refractivity contribution in [1.29, 1.82) is 0 Å². The first-order chi connectivity index (χ1) is 13.2. The van der Waals surface area contributed by atoms with Crippen molar-refractivity contribution in [1.82, 2.24) is 19.9 Å². The monoisotopic (exact) mass is 382 g/mol. The van der Waals surface area contributed by atoms with Gasteiger partial charge in [0.05, 0.1) is 19.1 Å². The molecule has 28 heavy (non-hydrogen) atoms. The van der Waals surface area contributed by atoms with Crippen LogP contribution in [0.4, 0.5) is 0 Å². The predicted molar refractivity (Wildman–Crippen MR) is 106 cm³/mol. The first-order valence-corrected chi connectivity index (χ1v) is 8.65. The first kappa shape index (κ1) is 19.2. The molecule has 3 aromatic rings. The number of nitrogens with one attached hydrogen (secondary N) is 3. The molecule has 0 aliphatic carbocycles. The number of nitrogens with zero attached hydrogens (tertiary/aromatic N) is 1. The van der Waals surface area contributed by atoms with Gasteiger partial charge in [-0.1, -0.05) is 20.8 Å². The molecule has 0 unspecified atom stereocenters. The van der Waals surface area contributed by atoms with Crippen LogP contribution in [0.5, 0.6) is 11.5 Å². The maximum Gasteiger partial charge on any atom is 0.272 e. The lowest BCUT2D eigenvalue weighted by Crippen LogP contribution is -2.46. The van der Waals surface area contributed by atoms with Crippen LogP contribution in [0.2, 0.25) is 0 Å². The van der Waals surface area contributed by atoms with Gasteiger partial charge in [-0.2, -0.15) is 0 Å². The standard InChI is InChI=1S/C20H22N4O4/c1-20(2,3)17-14(21-10-22-17)9-16-19(27)23-15(18(26)24-16)7-11-5-12(25)8-13(6-11)28-4/h5-10,25H,1-4H3,(H,21,22)(H,23,27)(H,24,26)/b15-7-,16-9-. The minimum absolute atomic E-state index is 0.0115. The van der Waals surface area contributed by atoms with Crippen LogP contribution in [0.3, 0.4) is 0 Å². The Bertz CT molecular complexity index is 1240. The molecule has 3 rings (SSSR count). The van der Waals surface area contributed by atoms with Gasteiger partial charge in [0.1, 0.15) is 22.2 Å². The van der Waals surface area contributed by atoms with Crippen molar-refractivity contribution in [3.63, 3.8) is 0 Å². The number of hydrogen-bond acceptors (Lipinski definition) is 5. The lowest BCUT2D eigenvalue weighted by Gasteiger charge is -2.16. The van der Waals surface area contributed by atoms with Crippen LogP contribution < -0.4 is 26.6 Å². The Morgan fingerprint density at radius 2 is 1.68 bits per heavy atom. The van der Waals surface area contributed by atoms with Crippen LogP contribution in [-0.4, -0.2) is 32.2 Å². The summed E-state index contributed by atoms with van der Waals surface area (Å²) in [6.07, 6.45) is 4.55. The lowest BCUT2D eigenvalue weighted by molar-refractivity contribution is 0.407. The van der Waals surface area contributed by atoms with Gasteiger partial charge >= 0.3 is 0 Å². The number of imidazole rings is 1. The highest BCUT2D eigenvalue weighted by atomic mass is 16.5. The number of ether oxygens (including phenoxy) is 1. The molecule has 0 amide bonds. The zero-order valence-corrected chi connectivity index (χ0v) is 16.1. The molecule has 8 heteroatoms. The number of H-pyrrole nitrogens is 3. The molecule has 0 aliphatic rings. The molecule has 8 nitrogen and oxygen atoms in total. The maximum absolute atomic E-state index is 12.5. The minimum Gasteiger partial charge on any atom is -0.508 e. The van der Waals surface area contributed by atoms with Crippen LogP contribution in [0.15, 0.2) is 34.1 Å². The molecule has 0 saturated carbocycles. The average Bonchev–Trinajstić information content (AvgIpc) is 3.07. The van der Waals surface area contributed by atoms with Crippen LogP contribution in [-0.2, 0) is 5.41 Å². The Morgan fingerprint density at radius 3 is 2.29 bits per heavy atom. The number of benzene rings is 1. The van der Waals surface area contributed by atoms with E-state index in [1.54, 1.807) is 18.5 Å². The summed E-state index contributed by atoms with van der Waals surface area (Å²) in [5.74, 6) is 0.422. The number of aromatic nitrogens is 4. The van der Waals surface area contributed by atoms with E-state index in [1.165, 1.54) is 25.3 Å². The highest BCUT2D eigenvalue weighted by Gasteiger charge is 2.19. The molecule has 0 fully saturated rings. The Kier molecular flexibility index (Phi) is 4.96. The normalized spacial score (nSPS) is 13.1. The summed E-state index contributed by atoms with van der Waals surface area (Å²) in [5.41, 5.74) is 0.828. The molecule has 0 atom stereocenters. The van der Waals surface area contributed by atoms with E-state index in [1.807, 2.05) is 20.8 Å². The molecule has 0 spiro atoms. The molecule has 0 bridgehead atoms. The quantitative estimate of drug-likeness (QED) is 0.524.